The second kappa shape index (κ2) is 5.36. The van der Waals surface area contributed by atoms with Crippen LogP contribution in [0.1, 0.15) is 53.4 Å². The number of hydrogen-bond donors (Lipinski definition) is 2. The van der Waals surface area contributed by atoms with Gasteiger partial charge in [0.1, 0.15) is 0 Å². The topological polar surface area (TPSA) is 40.5 Å². The van der Waals surface area contributed by atoms with Gasteiger partial charge in [0.2, 0.25) is 0 Å². The van der Waals surface area contributed by atoms with Crippen LogP contribution in [-0.4, -0.2) is 21.4 Å². The van der Waals surface area contributed by atoms with Gasteiger partial charge in [-0.25, -0.2) is 0 Å². The van der Waals surface area contributed by atoms with Crippen molar-refractivity contribution in [3.8, 4) is 0 Å². The predicted molar refractivity (Wildman–Crippen MR) is 71.8 cm³/mol. The largest absolute Gasteiger partial charge is 0.386 e. The molecule has 98 valence electrons. The maximum atomic E-state index is 10.5. The third-order valence-corrected chi connectivity index (χ3v) is 3.77. The van der Waals surface area contributed by atoms with Gasteiger partial charge in [-0.2, -0.15) is 0 Å². The van der Waals surface area contributed by atoms with Crippen molar-refractivity contribution in [2.24, 2.45) is 5.92 Å². The Morgan fingerprint density at radius 3 is 2.41 bits per heavy atom. The van der Waals surface area contributed by atoms with Crippen LogP contribution in [0.25, 0.3) is 0 Å². The van der Waals surface area contributed by atoms with Crippen LogP contribution in [0, 0.1) is 5.92 Å². The van der Waals surface area contributed by atoms with Crippen molar-refractivity contribution < 1.29 is 10.2 Å². The van der Waals surface area contributed by atoms with Gasteiger partial charge in [0, 0.05) is 0 Å². The van der Waals surface area contributed by atoms with Crippen LogP contribution in [0.3, 0.4) is 0 Å². The first-order chi connectivity index (χ1) is 7.75. The van der Waals surface area contributed by atoms with Crippen LogP contribution in [0.5, 0.6) is 0 Å². The van der Waals surface area contributed by atoms with Gasteiger partial charge < -0.3 is 10.2 Å². The molecule has 0 fully saturated rings. The molecule has 1 aliphatic carbocycles. The lowest BCUT2D eigenvalue weighted by Crippen LogP contribution is -2.41. The molecule has 1 rings (SSSR count). The Labute approximate surface area is 105 Å². The standard InChI is InChI=1S/C15H26O2/c1-12(2)6-5-7-13(3)15(17)10-8-14(4,16)9-11-15/h6,8,10,13,16-17H,5,7,9,11H2,1-4H3. The van der Waals surface area contributed by atoms with E-state index in [4.69, 9.17) is 0 Å². The van der Waals surface area contributed by atoms with Crippen molar-refractivity contribution in [3.05, 3.63) is 23.8 Å². The van der Waals surface area contributed by atoms with Crippen molar-refractivity contribution in [1.29, 1.82) is 0 Å². The Balaban J connectivity index is 2.57. The van der Waals surface area contributed by atoms with Crippen molar-refractivity contribution in [2.75, 3.05) is 0 Å². The maximum Gasteiger partial charge on any atom is 0.0855 e. The molecule has 1 aliphatic rings. The summed E-state index contributed by atoms with van der Waals surface area (Å²) in [6.45, 7) is 8.06. The lowest BCUT2D eigenvalue weighted by Gasteiger charge is -2.38. The number of hydrogen-bond acceptors (Lipinski definition) is 2. The molecule has 3 unspecified atom stereocenters. The second-order valence-electron chi connectivity index (χ2n) is 5.94. The van der Waals surface area contributed by atoms with E-state index in [-0.39, 0.29) is 5.92 Å². The monoisotopic (exact) mass is 238 g/mol. The zero-order valence-corrected chi connectivity index (χ0v) is 11.5. The van der Waals surface area contributed by atoms with Gasteiger partial charge in [0.15, 0.2) is 0 Å². The molecule has 0 heterocycles. The van der Waals surface area contributed by atoms with Crippen molar-refractivity contribution in [2.45, 2.75) is 64.6 Å². The van der Waals surface area contributed by atoms with E-state index in [1.54, 1.807) is 19.1 Å². The molecule has 2 nitrogen and oxygen atoms in total. The van der Waals surface area contributed by atoms with Crippen LogP contribution in [0.15, 0.2) is 23.8 Å². The first-order valence-electron chi connectivity index (χ1n) is 6.54. The zero-order valence-electron chi connectivity index (χ0n) is 11.5. The third-order valence-electron chi connectivity index (χ3n) is 3.77. The SMILES string of the molecule is CC(C)=CCCC(C)C1(O)C=CC(C)(O)CC1. The quantitative estimate of drug-likeness (QED) is 0.738. The Bertz CT molecular complexity index is 311. The highest BCUT2D eigenvalue weighted by Crippen LogP contribution is 2.35. The van der Waals surface area contributed by atoms with Gasteiger partial charge in [-0.05, 0) is 52.4 Å². The first kappa shape index (κ1) is 14.5. The average Bonchev–Trinajstić information content (AvgIpc) is 2.22. The molecule has 0 aliphatic heterocycles. The van der Waals surface area contributed by atoms with E-state index in [2.05, 4.69) is 26.8 Å². The highest BCUT2D eigenvalue weighted by atomic mass is 16.3. The fraction of sp³-hybridized carbons (Fsp3) is 0.733. The van der Waals surface area contributed by atoms with Crippen LogP contribution in [0.2, 0.25) is 0 Å². The molecule has 0 aromatic rings. The highest BCUT2D eigenvalue weighted by molar-refractivity contribution is 5.14. The van der Waals surface area contributed by atoms with E-state index in [0.717, 1.165) is 12.8 Å². The summed E-state index contributed by atoms with van der Waals surface area (Å²) >= 11 is 0. The van der Waals surface area contributed by atoms with Crippen molar-refractivity contribution in [3.63, 3.8) is 0 Å². The van der Waals surface area contributed by atoms with Gasteiger partial charge in [-0.3, -0.25) is 0 Å². The average molecular weight is 238 g/mol. The van der Waals surface area contributed by atoms with Crippen molar-refractivity contribution in [1.82, 2.24) is 0 Å². The number of rotatable bonds is 4. The minimum absolute atomic E-state index is 0.227. The van der Waals surface area contributed by atoms with E-state index < -0.39 is 11.2 Å². The van der Waals surface area contributed by atoms with Gasteiger partial charge in [-0.1, -0.05) is 30.7 Å². The molecule has 0 amide bonds. The minimum atomic E-state index is -0.744. The van der Waals surface area contributed by atoms with E-state index in [1.807, 2.05) is 0 Å². The molecule has 3 atom stereocenters. The summed E-state index contributed by atoms with van der Waals surface area (Å²) < 4.78 is 0. The van der Waals surface area contributed by atoms with E-state index in [9.17, 15) is 10.2 Å². The number of aliphatic hydroxyl groups is 2. The molecule has 17 heavy (non-hydrogen) atoms. The molecule has 0 saturated carbocycles. The minimum Gasteiger partial charge on any atom is -0.386 e. The lowest BCUT2D eigenvalue weighted by atomic mass is 9.75. The third kappa shape index (κ3) is 4.29. The molecule has 0 spiro atoms. The fourth-order valence-corrected chi connectivity index (χ4v) is 2.23. The zero-order chi connectivity index (χ0) is 13.1. The smallest absolute Gasteiger partial charge is 0.0855 e. The van der Waals surface area contributed by atoms with Crippen LogP contribution < -0.4 is 0 Å². The molecule has 0 aromatic carbocycles. The Morgan fingerprint density at radius 2 is 1.94 bits per heavy atom. The van der Waals surface area contributed by atoms with Crippen LogP contribution in [0.4, 0.5) is 0 Å². The summed E-state index contributed by atoms with van der Waals surface area (Å²) in [6.07, 6.45) is 9.02. The summed E-state index contributed by atoms with van der Waals surface area (Å²) in [7, 11) is 0. The Hall–Kier alpha value is -0.600. The lowest BCUT2D eigenvalue weighted by molar-refractivity contribution is -0.0155. The molecular formula is C15H26O2. The van der Waals surface area contributed by atoms with E-state index in [0.29, 0.717) is 12.8 Å². The summed E-state index contributed by atoms with van der Waals surface area (Å²) in [5, 5.41) is 20.3. The van der Waals surface area contributed by atoms with E-state index in [1.165, 1.54) is 5.57 Å². The van der Waals surface area contributed by atoms with Gasteiger partial charge in [-0.15, -0.1) is 0 Å². The highest BCUT2D eigenvalue weighted by Gasteiger charge is 2.36. The molecule has 0 bridgehead atoms. The summed E-state index contributed by atoms with van der Waals surface area (Å²) in [6, 6.07) is 0. The Kier molecular flexibility index (Phi) is 4.56. The molecule has 0 radical (unpaired) electrons. The van der Waals surface area contributed by atoms with Crippen molar-refractivity contribution >= 4 is 0 Å². The summed E-state index contributed by atoms with van der Waals surface area (Å²) in [5.74, 6) is 0.227. The first-order valence-corrected chi connectivity index (χ1v) is 6.54. The van der Waals surface area contributed by atoms with Gasteiger partial charge in [0.05, 0.1) is 11.2 Å². The molecule has 0 aromatic heterocycles. The molecule has 0 saturated heterocycles. The Morgan fingerprint density at radius 1 is 1.29 bits per heavy atom. The molecular weight excluding hydrogens is 212 g/mol. The van der Waals surface area contributed by atoms with Gasteiger partial charge in [0.25, 0.3) is 0 Å². The summed E-state index contributed by atoms with van der Waals surface area (Å²) in [5.41, 5.74) is -0.157. The van der Waals surface area contributed by atoms with E-state index >= 15 is 0 Å². The van der Waals surface area contributed by atoms with Crippen LogP contribution in [-0.2, 0) is 0 Å². The molecule has 2 N–H and O–H groups in total. The maximum absolute atomic E-state index is 10.5. The predicted octanol–water partition coefficient (Wildman–Crippen LogP) is 3.20. The fourth-order valence-electron chi connectivity index (χ4n) is 2.23. The van der Waals surface area contributed by atoms with Gasteiger partial charge >= 0.3 is 0 Å². The molecule has 2 heteroatoms. The number of allylic oxidation sites excluding steroid dienone is 2. The van der Waals surface area contributed by atoms with Crippen LogP contribution >= 0.6 is 0 Å². The summed E-state index contributed by atoms with van der Waals surface area (Å²) in [4.78, 5) is 0. The normalized spacial score (nSPS) is 34.5. The second-order valence-corrected chi connectivity index (χ2v) is 5.94.